The monoisotopic (exact) mass is 409 g/mol. The Bertz CT molecular complexity index is 813. The number of hydrogen-bond acceptors (Lipinski definition) is 4. The molecule has 4 nitrogen and oxygen atoms in total. The molecule has 1 aromatic rings. The van der Waals surface area contributed by atoms with E-state index in [0.717, 1.165) is 38.5 Å². The summed E-state index contributed by atoms with van der Waals surface area (Å²) in [6, 6.07) is 11.0. The van der Waals surface area contributed by atoms with Gasteiger partial charge in [-0.1, -0.05) is 43.2 Å². The van der Waals surface area contributed by atoms with Gasteiger partial charge in [0.15, 0.2) is 0 Å². The molecule has 0 unspecified atom stereocenters. The highest BCUT2D eigenvalue weighted by Crippen LogP contribution is 2.68. The number of nitrogens with zero attached hydrogens (tertiary/aromatic N) is 1. The Morgan fingerprint density at radius 2 is 1.73 bits per heavy atom. The Balaban J connectivity index is 1.74. The highest BCUT2D eigenvalue weighted by molar-refractivity contribution is 5.50. The van der Waals surface area contributed by atoms with Gasteiger partial charge in [0.2, 0.25) is 0 Å². The van der Waals surface area contributed by atoms with Crippen molar-refractivity contribution in [1.82, 2.24) is 4.90 Å². The second-order valence-corrected chi connectivity index (χ2v) is 9.05. The van der Waals surface area contributed by atoms with Crippen molar-refractivity contribution in [2.45, 2.75) is 51.0 Å². The zero-order valence-electron chi connectivity index (χ0n) is 18.4. The molecule has 4 heteroatoms. The molecule has 4 atom stereocenters. The normalized spacial score (nSPS) is 35.9. The molecule has 0 N–H and O–H groups in total. The van der Waals surface area contributed by atoms with Crippen LogP contribution in [0.5, 0.6) is 0 Å². The minimum atomic E-state index is -0.103. The molecule has 5 rings (SSSR count). The molecule has 30 heavy (non-hydrogen) atoms. The van der Waals surface area contributed by atoms with Crippen molar-refractivity contribution in [3.8, 4) is 0 Å². The van der Waals surface area contributed by atoms with Crippen LogP contribution in [0.3, 0.4) is 0 Å². The van der Waals surface area contributed by atoms with Gasteiger partial charge in [-0.05, 0) is 44.4 Å². The van der Waals surface area contributed by atoms with Crippen LogP contribution in [-0.4, -0.2) is 50.0 Å². The van der Waals surface area contributed by atoms with Crippen LogP contribution >= 0.6 is 0 Å². The summed E-state index contributed by atoms with van der Waals surface area (Å²) in [5.41, 5.74) is 1.19. The molecular weight excluding hydrogens is 374 g/mol. The molecule has 1 heterocycles. The van der Waals surface area contributed by atoms with Crippen LogP contribution < -0.4 is 0 Å². The van der Waals surface area contributed by atoms with Gasteiger partial charge >= 0.3 is 0 Å². The average molecular weight is 410 g/mol. The predicted molar refractivity (Wildman–Crippen MR) is 118 cm³/mol. The first-order chi connectivity index (χ1) is 14.8. The molecule has 0 amide bonds. The summed E-state index contributed by atoms with van der Waals surface area (Å²) in [7, 11) is 0. The van der Waals surface area contributed by atoms with Gasteiger partial charge in [-0.3, -0.25) is 4.90 Å². The Kier molecular flexibility index (Phi) is 5.40. The summed E-state index contributed by atoms with van der Waals surface area (Å²) in [6.07, 6.45) is 9.85. The van der Waals surface area contributed by atoms with Gasteiger partial charge in [0.1, 0.15) is 11.5 Å². The zero-order valence-corrected chi connectivity index (χ0v) is 18.4. The summed E-state index contributed by atoms with van der Waals surface area (Å²) in [4.78, 5) is 2.71. The van der Waals surface area contributed by atoms with Crippen molar-refractivity contribution >= 4 is 0 Å². The van der Waals surface area contributed by atoms with E-state index in [2.05, 4.69) is 61.2 Å². The third-order valence-corrected chi connectivity index (χ3v) is 7.84. The fourth-order valence-electron chi connectivity index (χ4n) is 6.83. The van der Waals surface area contributed by atoms with Crippen molar-refractivity contribution in [1.29, 1.82) is 0 Å². The lowest BCUT2D eigenvalue weighted by Gasteiger charge is -2.57. The lowest BCUT2D eigenvalue weighted by molar-refractivity contribution is -0.0744. The lowest BCUT2D eigenvalue weighted by atomic mass is 9.54. The van der Waals surface area contributed by atoms with E-state index in [1.54, 1.807) is 0 Å². The summed E-state index contributed by atoms with van der Waals surface area (Å²) in [5.74, 6) is 3.06. The largest absolute Gasteiger partial charge is 0.497 e. The number of benzene rings is 1. The van der Waals surface area contributed by atoms with Crippen molar-refractivity contribution in [2.75, 3.05) is 39.5 Å². The highest BCUT2D eigenvalue weighted by Gasteiger charge is 2.68. The molecule has 1 saturated carbocycles. The van der Waals surface area contributed by atoms with E-state index in [1.165, 1.54) is 30.6 Å². The van der Waals surface area contributed by atoms with Gasteiger partial charge in [-0.25, -0.2) is 0 Å². The molecule has 162 valence electrons. The fraction of sp³-hybridized carbons (Fsp3) is 0.615. The Hall–Kier alpha value is -1.78. The summed E-state index contributed by atoms with van der Waals surface area (Å²) >= 11 is 0. The molecule has 2 bridgehead atoms. The van der Waals surface area contributed by atoms with Crippen molar-refractivity contribution in [3.05, 3.63) is 59.6 Å². The number of ether oxygens (including phenoxy) is 3. The van der Waals surface area contributed by atoms with Gasteiger partial charge in [-0.15, -0.1) is 0 Å². The first kappa shape index (κ1) is 20.1. The van der Waals surface area contributed by atoms with E-state index >= 15 is 0 Å². The standard InChI is InChI=1S/C26H35NO3/c1-3-29-23-18-21(20-10-6-5-7-11-20)26(27-14-16-28-17-15-27)19-24(30-4-2)25(23)13-9-8-12-22(25)26/h5-7,10-11,18-19,21-22H,3-4,8-9,12-17H2,1-2H3/t21-,22-,25+,26-/m1/s1. The molecule has 1 aromatic carbocycles. The Morgan fingerprint density at radius 1 is 1.00 bits per heavy atom. The number of hydrogen-bond donors (Lipinski definition) is 0. The van der Waals surface area contributed by atoms with Crippen molar-refractivity contribution in [2.24, 2.45) is 11.3 Å². The zero-order chi connectivity index (χ0) is 20.6. The third kappa shape index (κ3) is 2.80. The summed E-state index contributed by atoms with van der Waals surface area (Å²) in [5, 5.41) is 0. The van der Waals surface area contributed by atoms with Gasteiger partial charge in [0, 0.05) is 24.9 Å². The van der Waals surface area contributed by atoms with E-state index in [0.29, 0.717) is 19.1 Å². The van der Waals surface area contributed by atoms with Gasteiger partial charge < -0.3 is 14.2 Å². The highest BCUT2D eigenvalue weighted by atomic mass is 16.5. The quantitative estimate of drug-likeness (QED) is 0.670. The third-order valence-electron chi connectivity index (χ3n) is 7.84. The van der Waals surface area contributed by atoms with Crippen LogP contribution in [0.4, 0.5) is 0 Å². The first-order valence-corrected chi connectivity index (χ1v) is 11.9. The van der Waals surface area contributed by atoms with Gasteiger partial charge in [-0.2, -0.15) is 0 Å². The Morgan fingerprint density at radius 3 is 2.47 bits per heavy atom. The molecule has 3 aliphatic carbocycles. The smallest absolute Gasteiger partial charge is 0.108 e. The molecule has 2 fully saturated rings. The van der Waals surface area contributed by atoms with Crippen LogP contribution in [0.25, 0.3) is 0 Å². The summed E-state index contributed by atoms with van der Waals surface area (Å²) < 4.78 is 18.6. The average Bonchev–Trinajstić information content (AvgIpc) is 3.04. The molecule has 0 aromatic heterocycles. The minimum absolute atomic E-state index is 0.0728. The van der Waals surface area contributed by atoms with E-state index in [-0.39, 0.29) is 16.9 Å². The maximum atomic E-state index is 6.44. The van der Waals surface area contributed by atoms with E-state index in [4.69, 9.17) is 14.2 Å². The van der Waals surface area contributed by atoms with E-state index < -0.39 is 0 Å². The topological polar surface area (TPSA) is 30.9 Å². The SMILES string of the molecule is CCOC1=C[C@H](c2ccccc2)[C@]2(N3CCOCC3)C=C(OCC)[C@]13CCCC[C@H]32. The van der Waals surface area contributed by atoms with Crippen molar-refractivity contribution in [3.63, 3.8) is 0 Å². The van der Waals surface area contributed by atoms with Crippen LogP contribution in [0.2, 0.25) is 0 Å². The van der Waals surface area contributed by atoms with Crippen LogP contribution in [0, 0.1) is 11.3 Å². The lowest BCUT2D eigenvalue weighted by Crippen LogP contribution is -2.62. The van der Waals surface area contributed by atoms with E-state index in [1.807, 2.05) is 0 Å². The van der Waals surface area contributed by atoms with Crippen molar-refractivity contribution < 1.29 is 14.2 Å². The first-order valence-electron chi connectivity index (χ1n) is 11.9. The fourth-order valence-corrected chi connectivity index (χ4v) is 6.83. The molecule has 1 saturated heterocycles. The molecule has 0 spiro atoms. The van der Waals surface area contributed by atoms with Crippen LogP contribution in [0.15, 0.2) is 54.0 Å². The second kappa shape index (κ2) is 8.05. The summed E-state index contributed by atoms with van der Waals surface area (Å²) in [6.45, 7) is 9.19. The molecule has 0 radical (unpaired) electrons. The molecular formula is C26H35NO3. The maximum Gasteiger partial charge on any atom is 0.108 e. The minimum Gasteiger partial charge on any atom is -0.497 e. The molecule has 4 aliphatic rings. The predicted octanol–water partition coefficient (Wildman–Crippen LogP) is 4.89. The van der Waals surface area contributed by atoms with Gasteiger partial charge in [0.25, 0.3) is 0 Å². The Labute approximate surface area is 180 Å². The second-order valence-electron chi connectivity index (χ2n) is 9.05. The van der Waals surface area contributed by atoms with Crippen LogP contribution in [0.1, 0.15) is 51.0 Å². The maximum absolute atomic E-state index is 6.44. The van der Waals surface area contributed by atoms with Gasteiger partial charge in [0.05, 0.1) is 37.4 Å². The van der Waals surface area contributed by atoms with Crippen LogP contribution in [-0.2, 0) is 14.2 Å². The number of rotatable bonds is 6. The molecule has 1 aliphatic heterocycles. The van der Waals surface area contributed by atoms with E-state index in [9.17, 15) is 0 Å². The number of morpholine rings is 1.